The van der Waals surface area contributed by atoms with Crippen LogP contribution in [0.15, 0.2) is 12.4 Å². The standard InChI is InChI=1S/C9H15N3O/c1-7-4-10-12(5-7)6-8(2)11-9(3)13/h4-5,8H,6H2,1-3H3,(H,11,13). The average Bonchev–Trinajstić information content (AvgIpc) is 2.33. The van der Waals surface area contributed by atoms with E-state index in [1.807, 2.05) is 24.7 Å². The van der Waals surface area contributed by atoms with Crippen molar-refractivity contribution in [1.82, 2.24) is 15.1 Å². The average molecular weight is 181 g/mol. The molecule has 4 nitrogen and oxygen atoms in total. The second-order valence-electron chi connectivity index (χ2n) is 3.34. The summed E-state index contributed by atoms with van der Waals surface area (Å²) in [5, 5.41) is 6.93. The summed E-state index contributed by atoms with van der Waals surface area (Å²) in [6.07, 6.45) is 3.76. The van der Waals surface area contributed by atoms with Crippen LogP contribution in [0.2, 0.25) is 0 Å². The van der Waals surface area contributed by atoms with Crippen molar-refractivity contribution in [3.8, 4) is 0 Å². The third-order valence-corrected chi connectivity index (χ3v) is 1.67. The topological polar surface area (TPSA) is 46.9 Å². The monoisotopic (exact) mass is 181 g/mol. The number of rotatable bonds is 3. The number of aromatic nitrogens is 2. The van der Waals surface area contributed by atoms with Crippen molar-refractivity contribution in [3.05, 3.63) is 18.0 Å². The summed E-state index contributed by atoms with van der Waals surface area (Å²) in [4.78, 5) is 10.7. The Balaban J connectivity index is 2.44. The van der Waals surface area contributed by atoms with Gasteiger partial charge in [-0.1, -0.05) is 0 Å². The molecule has 0 aliphatic heterocycles. The van der Waals surface area contributed by atoms with E-state index < -0.39 is 0 Å². The Hall–Kier alpha value is -1.32. The smallest absolute Gasteiger partial charge is 0.217 e. The summed E-state index contributed by atoms with van der Waals surface area (Å²) >= 11 is 0. The van der Waals surface area contributed by atoms with Crippen LogP contribution in [0.25, 0.3) is 0 Å². The molecule has 1 atom stereocenters. The molecule has 1 aromatic rings. The molecule has 1 aromatic heterocycles. The molecule has 1 unspecified atom stereocenters. The van der Waals surface area contributed by atoms with Crippen LogP contribution in [0.3, 0.4) is 0 Å². The van der Waals surface area contributed by atoms with Gasteiger partial charge in [0.2, 0.25) is 5.91 Å². The molecule has 0 fully saturated rings. The molecule has 13 heavy (non-hydrogen) atoms. The first-order valence-corrected chi connectivity index (χ1v) is 4.34. The van der Waals surface area contributed by atoms with Crippen LogP contribution in [0.5, 0.6) is 0 Å². The predicted octanol–water partition coefficient (Wildman–Crippen LogP) is 0.716. The molecule has 0 radical (unpaired) electrons. The third kappa shape index (κ3) is 3.27. The van der Waals surface area contributed by atoms with Gasteiger partial charge in [0.25, 0.3) is 0 Å². The highest BCUT2D eigenvalue weighted by atomic mass is 16.1. The lowest BCUT2D eigenvalue weighted by Crippen LogP contribution is -2.34. The van der Waals surface area contributed by atoms with Gasteiger partial charge >= 0.3 is 0 Å². The van der Waals surface area contributed by atoms with E-state index in [9.17, 15) is 4.79 Å². The van der Waals surface area contributed by atoms with Gasteiger partial charge in [-0.25, -0.2) is 0 Å². The lowest BCUT2D eigenvalue weighted by Gasteiger charge is -2.11. The van der Waals surface area contributed by atoms with Crippen LogP contribution in [0.4, 0.5) is 0 Å². The molecule has 0 aromatic carbocycles. The number of carbonyl (C=O) groups is 1. The van der Waals surface area contributed by atoms with Gasteiger partial charge in [0.1, 0.15) is 0 Å². The fraction of sp³-hybridized carbons (Fsp3) is 0.556. The fourth-order valence-corrected chi connectivity index (χ4v) is 1.24. The highest BCUT2D eigenvalue weighted by molar-refractivity contribution is 5.73. The van der Waals surface area contributed by atoms with Crippen molar-refractivity contribution in [2.75, 3.05) is 0 Å². The predicted molar refractivity (Wildman–Crippen MR) is 50.2 cm³/mol. The van der Waals surface area contributed by atoms with Gasteiger partial charge in [0, 0.05) is 19.2 Å². The van der Waals surface area contributed by atoms with Crippen LogP contribution < -0.4 is 5.32 Å². The van der Waals surface area contributed by atoms with Gasteiger partial charge in [-0.15, -0.1) is 0 Å². The largest absolute Gasteiger partial charge is 0.352 e. The van der Waals surface area contributed by atoms with Gasteiger partial charge in [0.15, 0.2) is 0 Å². The van der Waals surface area contributed by atoms with E-state index in [0.29, 0.717) is 6.54 Å². The molecule has 0 saturated carbocycles. The Bertz CT molecular complexity index is 293. The second-order valence-corrected chi connectivity index (χ2v) is 3.34. The minimum absolute atomic E-state index is 0.00335. The molecule has 0 aliphatic rings. The van der Waals surface area contributed by atoms with Crippen molar-refractivity contribution >= 4 is 5.91 Å². The first kappa shape index (κ1) is 9.77. The lowest BCUT2D eigenvalue weighted by molar-refractivity contribution is -0.119. The normalized spacial score (nSPS) is 12.5. The number of hydrogen-bond acceptors (Lipinski definition) is 2. The number of amides is 1. The molecule has 1 rings (SSSR count). The maximum absolute atomic E-state index is 10.7. The van der Waals surface area contributed by atoms with Crippen molar-refractivity contribution in [2.24, 2.45) is 0 Å². The minimum Gasteiger partial charge on any atom is -0.352 e. The van der Waals surface area contributed by atoms with Crippen LogP contribution in [0.1, 0.15) is 19.4 Å². The molecular weight excluding hydrogens is 166 g/mol. The minimum atomic E-state index is -0.00335. The van der Waals surface area contributed by atoms with Gasteiger partial charge in [-0.3, -0.25) is 9.48 Å². The van der Waals surface area contributed by atoms with E-state index in [0.717, 1.165) is 5.56 Å². The Morgan fingerprint density at radius 3 is 2.92 bits per heavy atom. The van der Waals surface area contributed by atoms with Gasteiger partial charge in [-0.05, 0) is 19.4 Å². The Morgan fingerprint density at radius 2 is 2.46 bits per heavy atom. The van der Waals surface area contributed by atoms with E-state index in [1.165, 1.54) is 6.92 Å². The first-order chi connectivity index (χ1) is 6.08. The molecule has 72 valence electrons. The summed E-state index contributed by atoms with van der Waals surface area (Å²) in [5.41, 5.74) is 1.13. The highest BCUT2D eigenvalue weighted by Crippen LogP contribution is 1.95. The molecule has 4 heteroatoms. The maximum atomic E-state index is 10.7. The van der Waals surface area contributed by atoms with Crippen molar-refractivity contribution in [3.63, 3.8) is 0 Å². The summed E-state index contributed by atoms with van der Waals surface area (Å²) in [7, 11) is 0. The fourth-order valence-electron chi connectivity index (χ4n) is 1.24. The lowest BCUT2D eigenvalue weighted by atomic mass is 10.3. The third-order valence-electron chi connectivity index (χ3n) is 1.67. The number of nitrogens with zero attached hydrogens (tertiary/aromatic N) is 2. The molecule has 0 spiro atoms. The van der Waals surface area contributed by atoms with E-state index in [4.69, 9.17) is 0 Å². The Morgan fingerprint density at radius 1 is 1.77 bits per heavy atom. The van der Waals surface area contributed by atoms with Gasteiger partial charge in [-0.2, -0.15) is 5.10 Å². The zero-order valence-corrected chi connectivity index (χ0v) is 8.24. The van der Waals surface area contributed by atoms with Gasteiger partial charge < -0.3 is 5.32 Å². The van der Waals surface area contributed by atoms with E-state index in [-0.39, 0.29) is 11.9 Å². The van der Waals surface area contributed by atoms with E-state index in [1.54, 1.807) is 6.20 Å². The molecule has 1 amide bonds. The second kappa shape index (κ2) is 4.07. The molecule has 1 heterocycles. The van der Waals surface area contributed by atoms with Gasteiger partial charge in [0.05, 0.1) is 12.7 Å². The Kier molecular flexibility index (Phi) is 3.06. The van der Waals surface area contributed by atoms with Crippen molar-refractivity contribution in [2.45, 2.75) is 33.4 Å². The van der Waals surface area contributed by atoms with E-state index in [2.05, 4.69) is 10.4 Å². The zero-order valence-electron chi connectivity index (χ0n) is 8.24. The molecule has 0 saturated heterocycles. The summed E-state index contributed by atoms with van der Waals surface area (Å²) in [6, 6.07) is 0.122. The summed E-state index contributed by atoms with van der Waals surface area (Å²) < 4.78 is 1.83. The van der Waals surface area contributed by atoms with E-state index >= 15 is 0 Å². The summed E-state index contributed by atoms with van der Waals surface area (Å²) in [6.45, 7) is 6.18. The number of carbonyl (C=O) groups excluding carboxylic acids is 1. The number of hydrogen-bond donors (Lipinski definition) is 1. The number of nitrogens with one attached hydrogen (secondary N) is 1. The van der Waals surface area contributed by atoms with Crippen LogP contribution in [-0.4, -0.2) is 21.7 Å². The first-order valence-electron chi connectivity index (χ1n) is 4.34. The van der Waals surface area contributed by atoms with Crippen molar-refractivity contribution in [1.29, 1.82) is 0 Å². The summed E-state index contributed by atoms with van der Waals surface area (Å²) in [5.74, 6) is -0.00335. The molecule has 0 aliphatic carbocycles. The maximum Gasteiger partial charge on any atom is 0.217 e. The molecular formula is C9H15N3O. The zero-order chi connectivity index (χ0) is 9.84. The SMILES string of the molecule is CC(=O)NC(C)Cn1cc(C)cn1. The quantitative estimate of drug-likeness (QED) is 0.746. The number of aryl methyl sites for hydroxylation is 1. The molecule has 0 bridgehead atoms. The highest BCUT2D eigenvalue weighted by Gasteiger charge is 2.04. The Labute approximate surface area is 77.9 Å². The van der Waals surface area contributed by atoms with Crippen LogP contribution >= 0.6 is 0 Å². The van der Waals surface area contributed by atoms with Crippen LogP contribution in [-0.2, 0) is 11.3 Å². The van der Waals surface area contributed by atoms with Crippen LogP contribution in [0, 0.1) is 6.92 Å². The molecule has 1 N–H and O–H groups in total. The van der Waals surface area contributed by atoms with Crippen molar-refractivity contribution < 1.29 is 4.79 Å².